The molecule has 1 atom stereocenters. The minimum Gasteiger partial charge on any atom is -0.338 e. The second-order valence-corrected chi connectivity index (χ2v) is 8.69. The van der Waals surface area contributed by atoms with E-state index < -0.39 is 10.0 Å². The van der Waals surface area contributed by atoms with Crippen LogP contribution in [-0.4, -0.2) is 41.9 Å². The van der Waals surface area contributed by atoms with Gasteiger partial charge in [-0.3, -0.25) is 0 Å². The summed E-state index contributed by atoms with van der Waals surface area (Å²) in [5, 5.41) is 4.57. The topological polar surface area (TPSA) is 89.2 Å². The Kier molecular flexibility index (Phi) is 5.77. The lowest BCUT2D eigenvalue weighted by Gasteiger charge is -2.11. The maximum Gasteiger partial charge on any atom is 0.244 e. The van der Waals surface area contributed by atoms with Crippen molar-refractivity contribution in [3.05, 3.63) is 30.0 Å². The van der Waals surface area contributed by atoms with Crippen LogP contribution in [0.3, 0.4) is 0 Å². The minimum atomic E-state index is -3.46. The average molecular weight is 356 g/mol. The number of rotatable bonds is 7. The molecule has 2 heterocycles. The SMILES string of the molecule is CCCc1noc([C@@H](C)Sc2ccc(S(=O)(=O)N(C)C)cn2)n1. The summed E-state index contributed by atoms with van der Waals surface area (Å²) in [7, 11) is -0.477. The summed E-state index contributed by atoms with van der Waals surface area (Å²) in [4.78, 5) is 8.72. The highest BCUT2D eigenvalue weighted by Crippen LogP contribution is 2.33. The van der Waals surface area contributed by atoms with Crippen LogP contribution in [0.5, 0.6) is 0 Å². The molecule has 7 nitrogen and oxygen atoms in total. The van der Waals surface area contributed by atoms with Crippen LogP contribution in [0.4, 0.5) is 0 Å². The highest BCUT2D eigenvalue weighted by atomic mass is 32.2. The zero-order chi connectivity index (χ0) is 17.0. The third-order valence-electron chi connectivity index (χ3n) is 3.09. The Morgan fingerprint density at radius 1 is 1.35 bits per heavy atom. The van der Waals surface area contributed by atoms with Crippen molar-refractivity contribution in [3.8, 4) is 0 Å². The van der Waals surface area contributed by atoms with Gasteiger partial charge < -0.3 is 4.52 Å². The molecule has 126 valence electrons. The zero-order valence-electron chi connectivity index (χ0n) is 13.6. The molecule has 0 aliphatic rings. The number of nitrogens with zero attached hydrogens (tertiary/aromatic N) is 4. The standard InChI is InChI=1S/C14H20N4O3S2/c1-5-6-12-16-14(21-17-12)10(2)22-13-8-7-11(9-15-13)23(19,20)18(3)4/h7-10H,5-6H2,1-4H3/t10-/m1/s1. The molecule has 0 fully saturated rings. The lowest BCUT2D eigenvalue weighted by Crippen LogP contribution is -2.22. The Balaban J connectivity index is 2.08. The summed E-state index contributed by atoms with van der Waals surface area (Å²) in [6.45, 7) is 4.00. The number of aromatic nitrogens is 3. The van der Waals surface area contributed by atoms with Crippen molar-refractivity contribution in [2.45, 2.75) is 41.9 Å². The fourth-order valence-electron chi connectivity index (χ4n) is 1.79. The molecule has 0 unspecified atom stereocenters. The first-order chi connectivity index (χ1) is 10.8. The Hall–Kier alpha value is -1.45. The van der Waals surface area contributed by atoms with Crippen molar-refractivity contribution in [2.24, 2.45) is 0 Å². The summed E-state index contributed by atoms with van der Waals surface area (Å²) in [5.74, 6) is 1.25. The van der Waals surface area contributed by atoms with Crippen molar-refractivity contribution in [1.29, 1.82) is 0 Å². The van der Waals surface area contributed by atoms with Gasteiger partial charge in [-0.25, -0.2) is 17.7 Å². The summed E-state index contributed by atoms with van der Waals surface area (Å²) < 4.78 is 30.4. The van der Waals surface area contributed by atoms with E-state index in [1.165, 1.54) is 32.1 Å². The van der Waals surface area contributed by atoms with E-state index in [0.29, 0.717) is 16.7 Å². The molecule has 0 aliphatic heterocycles. The minimum absolute atomic E-state index is 0.0584. The van der Waals surface area contributed by atoms with Crippen LogP contribution in [0.25, 0.3) is 0 Å². The number of pyridine rings is 1. The van der Waals surface area contributed by atoms with E-state index in [-0.39, 0.29) is 10.1 Å². The van der Waals surface area contributed by atoms with E-state index in [1.54, 1.807) is 12.1 Å². The Morgan fingerprint density at radius 3 is 2.65 bits per heavy atom. The Bertz CT molecular complexity index is 742. The molecule has 9 heteroatoms. The first-order valence-electron chi connectivity index (χ1n) is 7.22. The van der Waals surface area contributed by atoms with Gasteiger partial charge in [0.1, 0.15) is 4.90 Å². The van der Waals surface area contributed by atoms with Crippen LogP contribution in [0.2, 0.25) is 0 Å². The summed E-state index contributed by atoms with van der Waals surface area (Å²) in [6.07, 6.45) is 3.11. The van der Waals surface area contributed by atoms with Crippen LogP contribution in [-0.2, 0) is 16.4 Å². The molecule has 0 radical (unpaired) electrons. The van der Waals surface area contributed by atoms with Gasteiger partial charge in [0.2, 0.25) is 15.9 Å². The average Bonchev–Trinajstić information content (AvgIpc) is 2.97. The third-order valence-corrected chi connectivity index (χ3v) is 5.93. The molecular formula is C14H20N4O3S2. The molecule has 2 aromatic heterocycles. The quantitative estimate of drug-likeness (QED) is 0.704. The van der Waals surface area contributed by atoms with Crippen LogP contribution >= 0.6 is 11.8 Å². The number of sulfonamides is 1. The van der Waals surface area contributed by atoms with Gasteiger partial charge in [0.05, 0.1) is 10.3 Å². The monoisotopic (exact) mass is 356 g/mol. The molecule has 0 saturated carbocycles. The van der Waals surface area contributed by atoms with E-state index in [9.17, 15) is 8.42 Å². The third kappa shape index (κ3) is 4.30. The molecular weight excluding hydrogens is 336 g/mol. The number of hydrogen-bond donors (Lipinski definition) is 0. The van der Waals surface area contributed by atoms with Crippen LogP contribution in [0, 0.1) is 0 Å². The Labute approximate surface area is 140 Å². The predicted octanol–water partition coefficient (Wildman–Crippen LogP) is 2.52. The van der Waals surface area contributed by atoms with E-state index >= 15 is 0 Å². The predicted molar refractivity (Wildman–Crippen MR) is 87.7 cm³/mol. The first-order valence-corrected chi connectivity index (χ1v) is 9.54. The van der Waals surface area contributed by atoms with Gasteiger partial charge in [-0.15, -0.1) is 0 Å². The summed E-state index contributed by atoms with van der Waals surface area (Å²) in [6, 6.07) is 3.23. The molecule has 0 amide bonds. The van der Waals surface area contributed by atoms with E-state index in [4.69, 9.17) is 4.52 Å². The summed E-state index contributed by atoms with van der Waals surface area (Å²) >= 11 is 1.44. The Morgan fingerprint density at radius 2 is 2.09 bits per heavy atom. The lowest BCUT2D eigenvalue weighted by atomic mass is 10.3. The molecule has 0 spiro atoms. The van der Waals surface area contributed by atoms with Crippen molar-refractivity contribution in [2.75, 3.05) is 14.1 Å². The van der Waals surface area contributed by atoms with Crippen LogP contribution < -0.4 is 0 Å². The maximum absolute atomic E-state index is 12.0. The normalized spacial score (nSPS) is 13.4. The van der Waals surface area contributed by atoms with Gasteiger partial charge in [-0.2, -0.15) is 4.98 Å². The van der Waals surface area contributed by atoms with Gasteiger partial charge in [-0.1, -0.05) is 23.8 Å². The van der Waals surface area contributed by atoms with Crippen molar-refractivity contribution >= 4 is 21.8 Å². The highest BCUT2D eigenvalue weighted by Gasteiger charge is 2.19. The second kappa shape index (κ2) is 7.41. The van der Waals surface area contributed by atoms with Gasteiger partial charge >= 0.3 is 0 Å². The zero-order valence-corrected chi connectivity index (χ0v) is 15.2. The van der Waals surface area contributed by atoms with E-state index in [2.05, 4.69) is 22.0 Å². The molecule has 0 N–H and O–H groups in total. The maximum atomic E-state index is 12.0. The number of thioether (sulfide) groups is 1. The van der Waals surface area contributed by atoms with Crippen LogP contribution in [0.15, 0.2) is 32.8 Å². The molecule has 0 saturated heterocycles. The molecule has 2 rings (SSSR count). The van der Waals surface area contributed by atoms with Gasteiger partial charge in [0.25, 0.3) is 0 Å². The van der Waals surface area contributed by atoms with Crippen molar-refractivity contribution in [3.63, 3.8) is 0 Å². The van der Waals surface area contributed by atoms with Gasteiger partial charge in [0, 0.05) is 26.7 Å². The summed E-state index contributed by atoms with van der Waals surface area (Å²) in [5.41, 5.74) is 0. The molecule has 0 aromatic carbocycles. The molecule has 0 bridgehead atoms. The molecule has 2 aromatic rings. The fraction of sp³-hybridized carbons (Fsp3) is 0.500. The number of hydrogen-bond acceptors (Lipinski definition) is 7. The highest BCUT2D eigenvalue weighted by molar-refractivity contribution is 7.99. The molecule has 0 aliphatic carbocycles. The van der Waals surface area contributed by atoms with Crippen molar-refractivity contribution in [1.82, 2.24) is 19.4 Å². The van der Waals surface area contributed by atoms with Crippen LogP contribution in [0.1, 0.15) is 37.2 Å². The smallest absolute Gasteiger partial charge is 0.244 e. The first kappa shape index (κ1) is 17.9. The van der Waals surface area contributed by atoms with Gasteiger partial charge in [0.15, 0.2) is 5.82 Å². The largest absolute Gasteiger partial charge is 0.338 e. The van der Waals surface area contributed by atoms with E-state index in [0.717, 1.165) is 17.1 Å². The van der Waals surface area contributed by atoms with Crippen molar-refractivity contribution < 1.29 is 12.9 Å². The van der Waals surface area contributed by atoms with Gasteiger partial charge in [-0.05, 0) is 25.5 Å². The lowest BCUT2D eigenvalue weighted by molar-refractivity contribution is 0.374. The molecule has 23 heavy (non-hydrogen) atoms. The van der Waals surface area contributed by atoms with E-state index in [1.807, 2.05) is 6.92 Å². The fourth-order valence-corrected chi connectivity index (χ4v) is 3.46. The second-order valence-electron chi connectivity index (χ2n) is 5.18. The number of aryl methyl sites for hydroxylation is 1.